The second kappa shape index (κ2) is 7.93. The monoisotopic (exact) mass is 394 g/mol. The number of amides is 1. The van der Waals surface area contributed by atoms with Crippen molar-refractivity contribution in [3.63, 3.8) is 0 Å². The van der Waals surface area contributed by atoms with Crippen LogP contribution in [0.5, 0.6) is 5.75 Å². The first-order chi connectivity index (χ1) is 12.9. The molecule has 0 bridgehead atoms. The summed E-state index contributed by atoms with van der Waals surface area (Å²) in [6, 6.07) is 12.1. The first-order valence-corrected chi connectivity index (χ1v) is 9.85. The number of nitrogens with zero attached hydrogens (tertiary/aromatic N) is 1. The summed E-state index contributed by atoms with van der Waals surface area (Å²) in [6.07, 6.45) is -1.15. The Kier molecular flexibility index (Phi) is 5.62. The molecule has 7 nitrogen and oxygen atoms in total. The van der Waals surface area contributed by atoms with E-state index in [9.17, 15) is 17.6 Å². The van der Waals surface area contributed by atoms with Crippen LogP contribution in [0.3, 0.4) is 0 Å². The molecule has 0 spiro atoms. The molecule has 2 aromatic carbocycles. The van der Waals surface area contributed by atoms with E-state index in [0.29, 0.717) is 17.0 Å². The maximum Gasteiger partial charge on any atom is 0.414 e. The molecule has 1 aliphatic rings. The molecule has 0 aliphatic carbocycles. The second-order valence-electron chi connectivity index (χ2n) is 6.05. The van der Waals surface area contributed by atoms with Crippen LogP contribution in [-0.4, -0.2) is 40.8 Å². The largest absolute Gasteiger partial charge is 0.497 e. The van der Waals surface area contributed by atoms with E-state index in [1.54, 1.807) is 31.4 Å². The molecule has 1 atom stereocenters. The number of benzene rings is 2. The van der Waals surface area contributed by atoms with Gasteiger partial charge in [-0.25, -0.2) is 22.3 Å². The van der Waals surface area contributed by atoms with E-state index in [4.69, 9.17) is 9.47 Å². The minimum absolute atomic E-state index is 0.0398. The molecular weight excluding hydrogens is 375 g/mol. The molecule has 1 amide bonds. The molecule has 3 rings (SSSR count). The van der Waals surface area contributed by atoms with Gasteiger partial charge in [0.1, 0.15) is 17.7 Å². The molecule has 0 saturated carbocycles. The van der Waals surface area contributed by atoms with E-state index in [1.165, 1.54) is 29.2 Å². The summed E-state index contributed by atoms with van der Waals surface area (Å²) >= 11 is 0. The average molecular weight is 394 g/mol. The molecule has 0 aromatic heterocycles. The van der Waals surface area contributed by atoms with Crippen molar-refractivity contribution in [3.8, 4) is 5.75 Å². The summed E-state index contributed by atoms with van der Waals surface area (Å²) in [5.74, 6) is -0.0483. The van der Waals surface area contributed by atoms with Crippen molar-refractivity contribution in [1.82, 2.24) is 4.72 Å². The highest BCUT2D eigenvalue weighted by Gasteiger charge is 2.33. The molecule has 144 valence electrons. The molecular formula is C18H19FN2O5S. The van der Waals surface area contributed by atoms with Gasteiger partial charge in [-0.15, -0.1) is 0 Å². The summed E-state index contributed by atoms with van der Waals surface area (Å²) < 4.78 is 50.0. The van der Waals surface area contributed by atoms with Gasteiger partial charge in [-0.2, -0.15) is 0 Å². The smallest absolute Gasteiger partial charge is 0.414 e. The van der Waals surface area contributed by atoms with Crippen molar-refractivity contribution in [2.75, 3.05) is 25.1 Å². The van der Waals surface area contributed by atoms with E-state index in [-0.39, 0.29) is 18.8 Å². The van der Waals surface area contributed by atoms with E-state index >= 15 is 0 Å². The average Bonchev–Trinajstić information content (AvgIpc) is 3.03. The Morgan fingerprint density at radius 3 is 2.48 bits per heavy atom. The molecule has 1 N–H and O–H groups in total. The summed E-state index contributed by atoms with van der Waals surface area (Å²) in [5, 5.41) is 0. The Hall–Kier alpha value is -2.65. The molecule has 27 heavy (non-hydrogen) atoms. The van der Waals surface area contributed by atoms with Crippen LogP contribution in [-0.2, 0) is 20.5 Å². The van der Waals surface area contributed by atoms with Crippen molar-refractivity contribution in [3.05, 3.63) is 59.9 Å². The van der Waals surface area contributed by atoms with Gasteiger partial charge < -0.3 is 9.47 Å². The second-order valence-corrected chi connectivity index (χ2v) is 7.86. The van der Waals surface area contributed by atoms with Crippen LogP contribution in [0.2, 0.25) is 0 Å². The Morgan fingerprint density at radius 1 is 1.19 bits per heavy atom. The number of hydrogen-bond donors (Lipinski definition) is 1. The lowest BCUT2D eigenvalue weighted by Gasteiger charge is -2.13. The minimum atomic E-state index is -3.64. The third-order valence-corrected chi connectivity index (χ3v) is 5.38. The number of carbonyl (C=O) groups excluding carboxylic acids is 1. The Balaban J connectivity index is 1.56. The minimum Gasteiger partial charge on any atom is -0.497 e. The Labute approximate surface area is 156 Å². The van der Waals surface area contributed by atoms with Crippen LogP contribution in [0.1, 0.15) is 5.56 Å². The standard InChI is InChI=1S/C18H19FN2O5S/c1-25-16-8-6-15(7-9-16)21-11-17(26-18(21)22)10-20-27(23,24)12-13-2-4-14(19)5-3-13/h2-9,17,20H,10-12H2,1H3. The third-order valence-electron chi connectivity index (χ3n) is 4.06. The number of nitrogens with one attached hydrogen (secondary N) is 1. The summed E-state index contributed by atoms with van der Waals surface area (Å²) in [4.78, 5) is 13.5. The number of sulfonamides is 1. The highest BCUT2D eigenvalue weighted by molar-refractivity contribution is 7.88. The Morgan fingerprint density at radius 2 is 1.85 bits per heavy atom. The SMILES string of the molecule is COc1ccc(N2CC(CNS(=O)(=O)Cc3ccc(F)cc3)OC2=O)cc1. The maximum atomic E-state index is 12.9. The molecule has 1 fully saturated rings. The zero-order valence-electron chi connectivity index (χ0n) is 14.6. The molecule has 9 heteroatoms. The van der Waals surface area contributed by atoms with Crippen molar-refractivity contribution < 1.29 is 27.1 Å². The van der Waals surface area contributed by atoms with Crippen LogP contribution in [0, 0.1) is 5.82 Å². The quantitative estimate of drug-likeness (QED) is 0.779. The number of methoxy groups -OCH3 is 1. The number of hydrogen-bond acceptors (Lipinski definition) is 5. The number of rotatable bonds is 7. The maximum absolute atomic E-state index is 12.9. The first kappa shape index (κ1) is 19.1. The zero-order valence-corrected chi connectivity index (χ0v) is 15.4. The van der Waals surface area contributed by atoms with Gasteiger partial charge in [0.25, 0.3) is 0 Å². The van der Waals surface area contributed by atoms with Crippen LogP contribution in [0.4, 0.5) is 14.9 Å². The van der Waals surface area contributed by atoms with Crippen molar-refractivity contribution in [2.24, 2.45) is 0 Å². The molecule has 1 aliphatic heterocycles. The molecule has 0 radical (unpaired) electrons. The lowest BCUT2D eigenvalue weighted by atomic mass is 10.2. The molecule has 1 saturated heterocycles. The summed E-state index contributed by atoms with van der Waals surface area (Å²) in [6.45, 7) is 0.187. The van der Waals surface area contributed by atoms with E-state index in [1.807, 2.05) is 0 Å². The number of ether oxygens (including phenoxy) is 2. The van der Waals surface area contributed by atoms with Crippen molar-refractivity contribution in [1.29, 1.82) is 0 Å². The van der Waals surface area contributed by atoms with E-state index in [2.05, 4.69) is 4.72 Å². The molecule has 2 aromatic rings. The van der Waals surface area contributed by atoms with Crippen LogP contribution in [0.25, 0.3) is 0 Å². The van der Waals surface area contributed by atoms with Crippen LogP contribution < -0.4 is 14.4 Å². The first-order valence-electron chi connectivity index (χ1n) is 8.20. The van der Waals surface area contributed by atoms with Gasteiger partial charge in [-0.05, 0) is 42.0 Å². The topological polar surface area (TPSA) is 84.9 Å². The number of halogens is 1. The van der Waals surface area contributed by atoms with Crippen LogP contribution >= 0.6 is 0 Å². The number of carbonyl (C=O) groups is 1. The normalized spacial score (nSPS) is 17.0. The highest BCUT2D eigenvalue weighted by Crippen LogP contribution is 2.24. The predicted molar refractivity (Wildman–Crippen MR) is 97.6 cm³/mol. The predicted octanol–water partition coefficient (Wildman–Crippen LogP) is 2.28. The van der Waals surface area contributed by atoms with E-state index in [0.717, 1.165) is 0 Å². The van der Waals surface area contributed by atoms with Gasteiger partial charge in [0.2, 0.25) is 10.0 Å². The van der Waals surface area contributed by atoms with Gasteiger partial charge in [0.15, 0.2) is 0 Å². The van der Waals surface area contributed by atoms with Crippen LogP contribution in [0.15, 0.2) is 48.5 Å². The lowest BCUT2D eigenvalue weighted by Crippen LogP contribution is -2.35. The fourth-order valence-electron chi connectivity index (χ4n) is 2.67. The number of anilines is 1. The Bertz CT molecular complexity index is 900. The summed E-state index contributed by atoms with van der Waals surface area (Å²) in [5.41, 5.74) is 1.10. The molecule has 1 unspecified atom stereocenters. The molecule has 1 heterocycles. The van der Waals surface area contributed by atoms with Crippen molar-refractivity contribution >= 4 is 21.8 Å². The van der Waals surface area contributed by atoms with Gasteiger partial charge in [-0.1, -0.05) is 12.1 Å². The van der Waals surface area contributed by atoms with Gasteiger partial charge in [0.05, 0.1) is 19.4 Å². The van der Waals surface area contributed by atoms with Gasteiger partial charge in [-0.3, -0.25) is 4.90 Å². The van der Waals surface area contributed by atoms with Gasteiger partial charge in [0, 0.05) is 12.2 Å². The lowest BCUT2D eigenvalue weighted by molar-refractivity contribution is 0.143. The third kappa shape index (κ3) is 4.95. The van der Waals surface area contributed by atoms with Crippen molar-refractivity contribution in [2.45, 2.75) is 11.9 Å². The van der Waals surface area contributed by atoms with Gasteiger partial charge >= 0.3 is 6.09 Å². The zero-order chi connectivity index (χ0) is 19.4. The fourth-order valence-corrected chi connectivity index (χ4v) is 3.84. The highest BCUT2D eigenvalue weighted by atomic mass is 32.2. The fraction of sp³-hybridized carbons (Fsp3) is 0.278. The summed E-state index contributed by atoms with van der Waals surface area (Å²) in [7, 11) is -2.09. The number of cyclic esters (lactones) is 1. The van der Waals surface area contributed by atoms with E-state index < -0.39 is 28.0 Å².